The van der Waals surface area contributed by atoms with Gasteiger partial charge in [0.1, 0.15) is 0 Å². The molecule has 1 saturated heterocycles. The van der Waals surface area contributed by atoms with E-state index >= 15 is 0 Å². The molecule has 1 atom stereocenters. The summed E-state index contributed by atoms with van der Waals surface area (Å²) < 4.78 is 18.5. The molecule has 0 unspecified atom stereocenters. The SMILES string of the molecule is COc1ccc(C(=O)N2CC[C@](O)(CN(C)C)C2)cc1F. The van der Waals surface area contributed by atoms with Gasteiger partial charge in [-0.25, -0.2) is 4.39 Å². The number of halogens is 1. The van der Waals surface area contributed by atoms with E-state index in [1.165, 1.54) is 25.3 Å². The number of carbonyl (C=O) groups excluding carboxylic acids is 1. The summed E-state index contributed by atoms with van der Waals surface area (Å²) >= 11 is 0. The van der Waals surface area contributed by atoms with Gasteiger partial charge >= 0.3 is 0 Å². The Morgan fingerprint density at radius 3 is 2.81 bits per heavy atom. The van der Waals surface area contributed by atoms with E-state index in [2.05, 4.69) is 0 Å². The van der Waals surface area contributed by atoms with Gasteiger partial charge in [-0.1, -0.05) is 0 Å². The number of ether oxygens (including phenoxy) is 1. The number of rotatable bonds is 4. The fourth-order valence-electron chi connectivity index (χ4n) is 2.73. The molecule has 1 N–H and O–H groups in total. The molecule has 0 radical (unpaired) electrons. The maximum Gasteiger partial charge on any atom is 0.254 e. The standard InChI is InChI=1S/C15H21FN2O3/c1-17(2)9-15(20)6-7-18(10-15)14(19)11-4-5-13(21-3)12(16)8-11/h4-5,8,20H,6-7,9-10H2,1-3H3/t15-/m0/s1. The van der Waals surface area contributed by atoms with Crippen molar-refractivity contribution >= 4 is 5.91 Å². The van der Waals surface area contributed by atoms with Crippen LogP contribution >= 0.6 is 0 Å². The van der Waals surface area contributed by atoms with Crippen LogP contribution in [-0.2, 0) is 0 Å². The Morgan fingerprint density at radius 1 is 1.52 bits per heavy atom. The zero-order valence-electron chi connectivity index (χ0n) is 12.6. The lowest BCUT2D eigenvalue weighted by Crippen LogP contribution is -2.43. The number of hydrogen-bond acceptors (Lipinski definition) is 4. The van der Waals surface area contributed by atoms with Gasteiger partial charge < -0.3 is 19.6 Å². The predicted octanol–water partition coefficient (Wildman–Crippen LogP) is 0.973. The van der Waals surface area contributed by atoms with Gasteiger partial charge in [0.2, 0.25) is 0 Å². The fourth-order valence-corrected chi connectivity index (χ4v) is 2.73. The summed E-state index contributed by atoms with van der Waals surface area (Å²) in [6, 6.07) is 4.14. The second-order valence-electron chi connectivity index (χ2n) is 5.79. The molecule has 1 fully saturated rings. The zero-order chi connectivity index (χ0) is 15.6. The van der Waals surface area contributed by atoms with Gasteiger partial charge in [0.25, 0.3) is 5.91 Å². The number of carbonyl (C=O) groups is 1. The highest BCUT2D eigenvalue weighted by atomic mass is 19.1. The van der Waals surface area contributed by atoms with Crippen LogP contribution in [0.1, 0.15) is 16.8 Å². The van der Waals surface area contributed by atoms with E-state index in [1.54, 1.807) is 4.90 Å². The quantitative estimate of drug-likeness (QED) is 0.899. The summed E-state index contributed by atoms with van der Waals surface area (Å²) in [7, 11) is 5.13. The Morgan fingerprint density at radius 2 is 2.24 bits per heavy atom. The monoisotopic (exact) mass is 296 g/mol. The number of methoxy groups -OCH3 is 1. The molecule has 5 nitrogen and oxygen atoms in total. The summed E-state index contributed by atoms with van der Waals surface area (Å²) in [5.74, 6) is -0.727. The van der Waals surface area contributed by atoms with Crippen molar-refractivity contribution in [1.29, 1.82) is 0 Å². The van der Waals surface area contributed by atoms with Gasteiger partial charge in [-0.2, -0.15) is 0 Å². The maximum atomic E-state index is 13.7. The molecule has 1 heterocycles. The summed E-state index contributed by atoms with van der Waals surface area (Å²) in [4.78, 5) is 15.8. The topological polar surface area (TPSA) is 53.0 Å². The highest BCUT2D eigenvalue weighted by Crippen LogP contribution is 2.25. The molecule has 1 aliphatic heterocycles. The molecule has 1 aromatic rings. The number of likely N-dealkylation sites (tertiary alicyclic amines) is 1. The third kappa shape index (κ3) is 3.51. The van der Waals surface area contributed by atoms with Crippen LogP contribution < -0.4 is 4.74 Å². The van der Waals surface area contributed by atoms with E-state index in [9.17, 15) is 14.3 Å². The van der Waals surface area contributed by atoms with Crippen molar-refractivity contribution in [3.63, 3.8) is 0 Å². The van der Waals surface area contributed by atoms with Crippen molar-refractivity contribution in [2.75, 3.05) is 40.8 Å². The number of β-amino-alcohol motifs (C(OH)–C–C–N with tert-alkyl or cyclic N) is 1. The Bertz CT molecular complexity index is 536. The second kappa shape index (κ2) is 5.99. The minimum atomic E-state index is -0.899. The first kappa shape index (κ1) is 15.7. The Labute approximate surface area is 123 Å². The molecule has 1 aliphatic rings. The van der Waals surface area contributed by atoms with Crippen LogP contribution in [0.25, 0.3) is 0 Å². The first-order chi connectivity index (χ1) is 9.84. The molecule has 1 amide bonds. The molecule has 0 saturated carbocycles. The lowest BCUT2D eigenvalue weighted by Gasteiger charge is -2.26. The molecule has 0 aromatic heterocycles. The van der Waals surface area contributed by atoms with Crippen molar-refractivity contribution in [3.8, 4) is 5.75 Å². The van der Waals surface area contributed by atoms with Crippen molar-refractivity contribution in [1.82, 2.24) is 9.80 Å². The maximum absolute atomic E-state index is 13.7. The first-order valence-electron chi connectivity index (χ1n) is 6.84. The van der Waals surface area contributed by atoms with Gasteiger partial charge in [-0.05, 0) is 38.7 Å². The predicted molar refractivity (Wildman–Crippen MR) is 77.0 cm³/mol. The third-order valence-electron chi connectivity index (χ3n) is 3.63. The summed E-state index contributed by atoms with van der Waals surface area (Å²) in [5.41, 5.74) is -0.633. The lowest BCUT2D eigenvalue weighted by atomic mass is 10.0. The molecule has 0 aliphatic carbocycles. The fraction of sp³-hybridized carbons (Fsp3) is 0.533. The van der Waals surface area contributed by atoms with Crippen molar-refractivity contribution in [3.05, 3.63) is 29.6 Å². The van der Waals surface area contributed by atoms with Crippen LogP contribution in [0, 0.1) is 5.82 Å². The number of nitrogens with zero attached hydrogens (tertiary/aromatic N) is 2. The number of amides is 1. The van der Waals surface area contributed by atoms with Gasteiger partial charge in [0.15, 0.2) is 11.6 Å². The molecule has 21 heavy (non-hydrogen) atoms. The highest BCUT2D eigenvalue weighted by molar-refractivity contribution is 5.94. The number of benzene rings is 1. The minimum Gasteiger partial charge on any atom is -0.494 e. The van der Waals surface area contributed by atoms with Crippen molar-refractivity contribution < 1.29 is 19.0 Å². The van der Waals surface area contributed by atoms with Gasteiger partial charge in [-0.3, -0.25) is 4.79 Å². The Balaban J connectivity index is 2.09. The van der Waals surface area contributed by atoms with Crippen LogP contribution in [0.3, 0.4) is 0 Å². The molecule has 2 rings (SSSR count). The molecular formula is C15H21FN2O3. The Hall–Kier alpha value is -1.66. The van der Waals surface area contributed by atoms with Crippen LogP contribution in [0.15, 0.2) is 18.2 Å². The van der Waals surface area contributed by atoms with E-state index in [-0.39, 0.29) is 23.8 Å². The van der Waals surface area contributed by atoms with Gasteiger partial charge in [-0.15, -0.1) is 0 Å². The van der Waals surface area contributed by atoms with Crippen LogP contribution in [0.4, 0.5) is 4.39 Å². The van der Waals surface area contributed by atoms with E-state index in [4.69, 9.17) is 4.74 Å². The highest BCUT2D eigenvalue weighted by Gasteiger charge is 2.38. The number of hydrogen-bond donors (Lipinski definition) is 1. The summed E-state index contributed by atoms with van der Waals surface area (Å²) in [6.45, 7) is 1.22. The molecule has 0 spiro atoms. The van der Waals surface area contributed by atoms with Gasteiger partial charge in [0.05, 0.1) is 19.3 Å². The normalized spacial score (nSPS) is 21.9. The molecular weight excluding hydrogens is 275 g/mol. The van der Waals surface area contributed by atoms with Crippen molar-refractivity contribution in [2.24, 2.45) is 0 Å². The molecule has 1 aromatic carbocycles. The zero-order valence-corrected chi connectivity index (χ0v) is 12.6. The summed E-state index contributed by atoms with van der Waals surface area (Å²) in [5, 5.41) is 10.4. The van der Waals surface area contributed by atoms with E-state index in [0.29, 0.717) is 19.5 Å². The van der Waals surface area contributed by atoms with Crippen LogP contribution in [0.2, 0.25) is 0 Å². The Kier molecular flexibility index (Phi) is 4.49. The lowest BCUT2D eigenvalue weighted by molar-refractivity contribution is 0.0236. The van der Waals surface area contributed by atoms with Crippen LogP contribution in [-0.4, -0.2) is 67.3 Å². The number of aliphatic hydroxyl groups is 1. The largest absolute Gasteiger partial charge is 0.494 e. The second-order valence-corrected chi connectivity index (χ2v) is 5.79. The minimum absolute atomic E-state index is 0.108. The smallest absolute Gasteiger partial charge is 0.254 e. The van der Waals surface area contributed by atoms with E-state index in [1.807, 2.05) is 19.0 Å². The first-order valence-corrected chi connectivity index (χ1v) is 6.84. The van der Waals surface area contributed by atoms with Crippen LogP contribution in [0.5, 0.6) is 5.75 Å². The summed E-state index contributed by atoms with van der Waals surface area (Å²) in [6.07, 6.45) is 0.523. The van der Waals surface area contributed by atoms with E-state index in [0.717, 1.165) is 0 Å². The average Bonchev–Trinajstić information content (AvgIpc) is 2.79. The molecule has 116 valence electrons. The van der Waals surface area contributed by atoms with Crippen molar-refractivity contribution in [2.45, 2.75) is 12.0 Å². The number of likely N-dealkylation sites (N-methyl/N-ethyl adjacent to an activating group) is 1. The third-order valence-corrected chi connectivity index (χ3v) is 3.63. The molecule has 0 bridgehead atoms. The van der Waals surface area contributed by atoms with E-state index < -0.39 is 11.4 Å². The van der Waals surface area contributed by atoms with Gasteiger partial charge in [0, 0.05) is 18.7 Å². The molecule has 6 heteroatoms. The average molecular weight is 296 g/mol.